The van der Waals surface area contributed by atoms with Crippen LogP contribution in [0.5, 0.6) is 0 Å². The van der Waals surface area contributed by atoms with Crippen LogP contribution in [0.3, 0.4) is 0 Å². The lowest BCUT2D eigenvalue weighted by Crippen LogP contribution is -2.11. The number of rotatable bonds is 4. The van der Waals surface area contributed by atoms with Crippen molar-refractivity contribution in [2.45, 2.75) is 12.8 Å². The molecule has 104 valence electrons. The van der Waals surface area contributed by atoms with Crippen LogP contribution in [0.25, 0.3) is 11.0 Å². The number of Topliss-reactive ketones (excluding diaryl/α,β-unsaturated/α-hetero) is 1. The Morgan fingerprint density at radius 1 is 0.905 bits per heavy atom. The van der Waals surface area contributed by atoms with E-state index in [0.29, 0.717) is 5.56 Å². The number of carbonyl (C=O) groups is 2. The minimum atomic E-state index is -0.118. The first-order valence-corrected chi connectivity index (χ1v) is 6.79. The molecule has 4 nitrogen and oxygen atoms in total. The standard InChI is InChI=1S/C17H14N2O2/c20-16(13-6-2-1-3-7-13)10-11-17(21)19-12-18-14-8-4-5-9-15(14)19/h1-9,12H,10-11H2. The zero-order chi connectivity index (χ0) is 14.7. The van der Waals surface area contributed by atoms with Crippen molar-refractivity contribution < 1.29 is 9.59 Å². The molecule has 0 radical (unpaired) electrons. The first-order valence-electron chi connectivity index (χ1n) is 6.79. The van der Waals surface area contributed by atoms with Gasteiger partial charge in [0.2, 0.25) is 5.91 Å². The molecule has 0 fully saturated rings. The van der Waals surface area contributed by atoms with Crippen molar-refractivity contribution in [3.8, 4) is 0 Å². The molecule has 0 bridgehead atoms. The number of ketones is 1. The van der Waals surface area contributed by atoms with E-state index in [2.05, 4.69) is 4.98 Å². The first-order chi connectivity index (χ1) is 10.3. The van der Waals surface area contributed by atoms with Gasteiger partial charge in [-0.05, 0) is 12.1 Å². The lowest BCUT2D eigenvalue weighted by atomic mass is 10.1. The van der Waals surface area contributed by atoms with Gasteiger partial charge in [-0.1, -0.05) is 42.5 Å². The van der Waals surface area contributed by atoms with E-state index in [1.54, 1.807) is 12.1 Å². The second-order valence-electron chi connectivity index (χ2n) is 4.79. The molecule has 1 aromatic heterocycles. The Morgan fingerprint density at radius 3 is 2.43 bits per heavy atom. The SMILES string of the molecule is O=C(CCC(=O)n1cnc2ccccc21)c1ccccc1. The lowest BCUT2D eigenvalue weighted by molar-refractivity contribution is 0.0867. The quantitative estimate of drug-likeness (QED) is 0.688. The average Bonchev–Trinajstić information content (AvgIpc) is 2.97. The van der Waals surface area contributed by atoms with Crippen molar-refractivity contribution >= 4 is 22.7 Å². The highest BCUT2D eigenvalue weighted by atomic mass is 16.2. The van der Waals surface area contributed by atoms with Gasteiger partial charge in [-0.15, -0.1) is 0 Å². The van der Waals surface area contributed by atoms with Crippen LogP contribution in [0.4, 0.5) is 0 Å². The maximum atomic E-state index is 12.2. The number of fused-ring (bicyclic) bond motifs is 1. The Hall–Kier alpha value is -2.75. The highest BCUT2D eigenvalue weighted by Gasteiger charge is 2.12. The molecule has 0 atom stereocenters. The van der Waals surface area contributed by atoms with Gasteiger partial charge >= 0.3 is 0 Å². The molecule has 0 aliphatic heterocycles. The minimum absolute atomic E-state index is 0.0200. The van der Waals surface area contributed by atoms with E-state index >= 15 is 0 Å². The van der Waals surface area contributed by atoms with Crippen LogP contribution in [0, 0.1) is 0 Å². The third-order valence-corrected chi connectivity index (χ3v) is 3.38. The predicted octanol–water partition coefficient (Wildman–Crippen LogP) is 3.34. The maximum absolute atomic E-state index is 12.2. The second-order valence-corrected chi connectivity index (χ2v) is 4.79. The van der Waals surface area contributed by atoms with E-state index in [-0.39, 0.29) is 24.5 Å². The Balaban J connectivity index is 1.71. The van der Waals surface area contributed by atoms with Crippen molar-refractivity contribution in [1.29, 1.82) is 0 Å². The summed E-state index contributed by atoms with van der Waals surface area (Å²) in [4.78, 5) is 28.4. The smallest absolute Gasteiger partial charge is 0.232 e. The van der Waals surface area contributed by atoms with E-state index in [1.165, 1.54) is 10.9 Å². The number of hydrogen-bond acceptors (Lipinski definition) is 3. The second kappa shape index (κ2) is 5.71. The molecular formula is C17H14N2O2. The molecular weight excluding hydrogens is 264 g/mol. The summed E-state index contributed by atoms with van der Waals surface area (Å²) in [5.74, 6) is -0.138. The highest BCUT2D eigenvalue weighted by molar-refractivity contribution is 5.99. The summed E-state index contributed by atoms with van der Waals surface area (Å²) in [5.41, 5.74) is 2.19. The third kappa shape index (κ3) is 2.74. The van der Waals surface area contributed by atoms with E-state index in [9.17, 15) is 9.59 Å². The summed E-state index contributed by atoms with van der Waals surface area (Å²) < 4.78 is 1.51. The predicted molar refractivity (Wildman–Crippen MR) is 80.4 cm³/mol. The van der Waals surface area contributed by atoms with Crippen LogP contribution >= 0.6 is 0 Å². The van der Waals surface area contributed by atoms with Crippen LogP contribution in [-0.2, 0) is 0 Å². The summed E-state index contributed by atoms with van der Waals surface area (Å²) in [6, 6.07) is 16.5. The maximum Gasteiger partial charge on any atom is 0.232 e. The minimum Gasteiger partial charge on any atom is -0.294 e. The third-order valence-electron chi connectivity index (χ3n) is 3.38. The van der Waals surface area contributed by atoms with Crippen molar-refractivity contribution in [3.05, 3.63) is 66.5 Å². The zero-order valence-corrected chi connectivity index (χ0v) is 11.4. The lowest BCUT2D eigenvalue weighted by Gasteiger charge is -2.03. The van der Waals surface area contributed by atoms with Gasteiger partial charge in [-0.25, -0.2) is 4.98 Å². The molecule has 1 heterocycles. The molecule has 4 heteroatoms. The van der Waals surface area contributed by atoms with Crippen molar-refractivity contribution in [1.82, 2.24) is 9.55 Å². The monoisotopic (exact) mass is 278 g/mol. The molecule has 0 aliphatic carbocycles. The molecule has 3 aromatic rings. The van der Waals surface area contributed by atoms with E-state index < -0.39 is 0 Å². The summed E-state index contributed by atoms with van der Waals surface area (Å²) in [7, 11) is 0. The highest BCUT2D eigenvalue weighted by Crippen LogP contribution is 2.13. The van der Waals surface area contributed by atoms with Gasteiger partial charge in [0.05, 0.1) is 11.0 Å². The fourth-order valence-electron chi connectivity index (χ4n) is 2.27. The van der Waals surface area contributed by atoms with Crippen LogP contribution in [0.2, 0.25) is 0 Å². The van der Waals surface area contributed by atoms with Crippen LogP contribution in [-0.4, -0.2) is 21.2 Å². The van der Waals surface area contributed by atoms with Gasteiger partial charge < -0.3 is 0 Å². The molecule has 0 aliphatic rings. The summed E-state index contributed by atoms with van der Waals surface area (Å²) >= 11 is 0. The van der Waals surface area contributed by atoms with Gasteiger partial charge in [-0.2, -0.15) is 0 Å². The molecule has 0 spiro atoms. The fourth-order valence-corrected chi connectivity index (χ4v) is 2.27. The molecule has 0 saturated carbocycles. The topological polar surface area (TPSA) is 52.0 Å². The summed E-state index contributed by atoms with van der Waals surface area (Å²) in [5, 5.41) is 0. The molecule has 0 N–H and O–H groups in total. The molecule has 3 rings (SSSR count). The molecule has 2 aromatic carbocycles. The Kier molecular flexibility index (Phi) is 3.60. The van der Waals surface area contributed by atoms with Crippen molar-refractivity contribution in [3.63, 3.8) is 0 Å². The molecule has 21 heavy (non-hydrogen) atoms. The first kappa shape index (κ1) is 13.2. The van der Waals surface area contributed by atoms with Crippen LogP contribution < -0.4 is 0 Å². The number of aromatic nitrogens is 2. The van der Waals surface area contributed by atoms with Gasteiger partial charge in [0.1, 0.15) is 6.33 Å². The number of carbonyl (C=O) groups excluding carboxylic acids is 2. The largest absolute Gasteiger partial charge is 0.294 e. The summed E-state index contributed by atoms with van der Waals surface area (Å²) in [6.45, 7) is 0. The van der Waals surface area contributed by atoms with Gasteiger partial charge in [0, 0.05) is 18.4 Å². The summed E-state index contributed by atoms with van der Waals surface area (Å²) in [6.07, 6.45) is 1.89. The van der Waals surface area contributed by atoms with Crippen molar-refractivity contribution in [2.75, 3.05) is 0 Å². The normalized spacial score (nSPS) is 10.7. The Morgan fingerprint density at radius 2 is 1.62 bits per heavy atom. The van der Waals surface area contributed by atoms with E-state index in [1.807, 2.05) is 42.5 Å². The van der Waals surface area contributed by atoms with Crippen LogP contribution in [0.15, 0.2) is 60.9 Å². The van der Waals surface area contributed by atoms with Crippen LogP contribution in [0.1, 0.15) is 28.0 Å². The number of hydrogen-bond donors (Lipinski definition) is 0. The Labute approximate surface area is 122 Å². The zero-order valence-electron chi connectivity index (χ0n) is 11.4. The Bertz CT molecular complexity index is 791. The van der Waals surface area contributed by atoms with Gasteiger partial charge in [-0.3, -0.25) is 14.2 Å². The number of para-hydroxylation sites is 2. The van der Waals surface area contributed by atoms with Gasteiger partial charge in [0.25, 0.3) is 0 Å². The van der Waals surface area contributed by atoms with E-state index in [4.69, 9.17) is 0 Å². The molecule has 0 unspecified atom stereocenters. The molecule has 0 amide bonds. The average molecular weight is 278 g/mol. The van der Waals surface area contributed by atoms with E-state index in [0.717, 1.165) is 11.0 Å². The molecule has 0 saturated heterocycles. The number of imidazole rings is 1. The van der Waals surface area contributed by atoms with Crippen molar-refractivity contribution in [2.24, 2.45) is 0 Å². The van der Waals surface area contributed by atoms with Gasteiger partial charge in [0.15, 0.2) is 5.78 Å². The number of benzene rings is 2. The fraction of sp³-hybridized carbons (Fsp3) is 0.118. The number of nitrogens with zero attached hydrogens (tertiary/aromatic N) is 2.